The summed E-state index contributed by atoms with van der Waals surface area (Å²) in [4.78, 5) is 20.6. The molecule has 7 nitrogen and oxygen atoms in total. The van der Waals surface area contributed by atoms with E-state index in [0.29, 0.717) is 24.8 Å². The van der Waals surface area contributed by atoms with Gasteiger partial charge in [-0.1, -0.05) is 0 Å². The number of hydrogen-bond acceptors (Lipinski definition) is 5. The molecule has 2 aromatic rings. The summed E-state index contributed by atoms with van der Waals surface area (Å²) in [6.45, 7) is 7.08. The summed E-state index contributed by atoms with van der Waals surface area (Å²) in [7, 11) is 0. The third-order valence-electron chi connectivity index (χ3n) is 4.05. The highest BCUT2D eigenvalue weighted by Gasteiger charge is 2.23. The van der Waals surface area contributed by atoms with Crippen molar-refractivity contribution in [3.05, 3.63) is 29.3 Å². The fourth-order valence-electron chi connectivity index (χ4n) is 2.40. The van der Waals surface area contributed by atoms with Crippen LogP contribution < -0.4 is 5.32 Å². The predicted octanol–water partition coefficient (Wildman–Crippen LogP) is 1.56. The molecule has 7 heteroatoms. The minimum absolute atomic E-state index is 0.0455. The summed E-state index contributed by atoms with van der Waals surface area (Å²) in [6.07, 6.45) is 3.96. The smallest absolute Gasteiger partial charge is 0.250 e. The first kappa shape index (κ1) is 14.6. The van der Waals surface area contributed by atoms with Gasteiger partial charge in [0, 0.05) is 12.3 Å². The molecular weight excluding hydrogens is 282 g/mol. The Morgan fingerprint density at radius 2 is 2.05 bits per heavy atom. The van der Waals surface area contributed by atoms with Gasteiger partial charge in [0.2, 0.25) is 5.91 Å². The maximum Gasteiger partial charge on any atom is 0.250 e. The van der Waals surface area contributed by atoms with Crippen molar-refractivity contribution in [2.24, 2.45) is 5.92 Å². The normalized spacial score (nSPS) is 17.7. The van der Waals surface area contributed by atoms with E-state index in [2.05, 4.69) is 20.4 Å². The van der Waals surface area contributed by atoms with Crippen molar-refractivity contribution < 1.29 is 9.53 Å². The molecule has 1 atom stereocenters. The topological polar surface area (TPSA) is 81.9 Å². The van der Waals surface area contributed by atoms with Gasteiger partial charge in [0.15, 0.2) is 0 Å². The van der Waals surface area contributed by atoms with Crippen molar-refractivity contribution in [3.8, 4) is 5.95 Å². The van der Waals surface area contributed by atoms with Crippen LogP contribution in [-0.4, -0.2) is 38.9 Å². The Labute approximate surface area is 128 Å². The Morgan fingerprint density at radius 1 is 1.32 bits per heavy atom. The van der Waals surface area contributed by atoms with Gasteiger partial charge in [-0.25, -0.2) is 14.6 Å². The number of carbonyl (C=O) groups is 1. The molecule has 3 rings (SSSR count). The summed E-state index contributed by atoms with van der Waals surface area (Å²) in [5, 5.41) is 7.24. The van der Waals surface area contributed by atoms with Crippen LogP contribution in [0.4, 0.5) is 5.69 Å². The van der Waals surface area contributed by atoms with Gasteiger partial charge >= 0.3 is 0 Å². The van der Waals surface area contributed by atoms with Crippen molar-refractivity contribution >= 4 is 11.6 Å². The second-order valence-corrected chi connectivity index (χ2v) is 5.53. The number of anilines is 1. The molecule has 1 fully saturated rings. The molecule has 22 heavy (non-hydrogen) atoms. The highest BCUT2D eigenvalue weighted by molar-refractivity contribution is 5.92. The molecule has 1 unspecified atom stereocenters. The lowest BCUT2D eigenvalue weighted by Crippen LogP contribution is -2.23. The highest BCUT2D eigenvalue weighted by atomic mass is 16.5. The average Bonchev–Trinajstić information content (AvgIpc) is 3.13. The number of amides is 1. The van der Waals surface area contributed by atoms with Crippen LogP contribution in [0.3, 0.4) is 0 Å². The molecule has 1 N–H and O–H groups in total. The second kappa shape index (κ2) is 5.84. The second-order valence-electron chi connectivity index (χ2n) is 5.53. The van der Waals surface area contributed by atoms with Crippen LogP contribution in [0.5, 0.6) is 0 Å². The number of nitrogens with one attached hydrogen (secondary N) is 1. The number of carbonyl (C=O) groups excluding carboxylic acids is 1. The van der Waals surface area contributed by atoms with E-state index >= 15 is 0 Å². The van der Waals surface area contributed by atoms with Crippen molar-refractivity contribution in [1.29, 1.82) is 0 Å². The van der Waals surface area contributed by atoms with Gasteiger partial charge in [0.1, 0.15) is 0 Å². The molecule has 0 saturated carbocycles. The van der Waals surface area contributed by atoms with E-state index in [4.69, 9.17) is 4.74 Å². The van der Waals surface area contributed by atoms with Gasteiger partial charge in [0.25, 0.3) is 5.95 Å². The molecule has 3 heterocycles. The molecule has 116 valence electrons. The summed E-state index contributed by atoms with van der Waals surface area (Å²) < 4.78 is 6.93. The number of nitrogens with zero attached hydrogens (tertiary/aromatic N) is 4. The van der Waals surface area contributed by atoms with E-state index < -0.39 is 0 Å². The Bertz CT molecular complexity index is 687. The van der Waals surface area contributed by atoms with E-state index in [1.807, 2.05) is 20.8 Å². The lowest BCUT2D eigenvalue weighted by Gasteiger charge is -2.09. The molecule has 0 spiro atoms. The van der Waals surface area contributed by atoms with Crippen molar-refractivity contribution in [2.75, 3.05) is 18.5 Å². The van der Waals surface area contributed by atoms with Gasteiger partial charge in [-0.15, -0.1) is 0 Å². The van der Waals surface area contributed by atoms with Crippen LogP contribution in [0.1, 0.15) is 23.4 Å². The Hall–Kier alpha value is -2.28. The summed E-state index contributed by atoms with van der Waals surface area (Å²) in [5.74, 6) is 0.366. The van der Waals surface area contributed by atoms with E-state index in [9.17, 15) is 4.79 Å². The zero-order chi connectivity index (χ0) is 15.7. The Kier molecular flexibility index (Phi) is 3.89. The number of hydrogen-bond donors (Lipinski definition) is 1. The van der Waals surface area contributed by atoms with Gasteiger partial charge in [0.05, 0.1) is 36.3 Å². The number of aromatic nitrogens is 4. The van der Waals surface area contributed by atoms with Crippen LogP contribution >= 0.6 is 0 Å². The molecule has 0 radical (unpaired) electrons. The van der Waals surface area contributed by atoms with E-state index in [-0.39, 0.29) is 11.8 Å². The third-order valence-corrected chi connectivity index (χ3v) is 4.05. The number of rotatable bonds is 3. The lowest BCUT2D eigenvalue weighted by molar-refractivity contribution is -0.119. The van der Waals surface area contributed by atoms with E-state index in [1.165, 1.54) is 0 Å². The molecule has 1 aliphatic rings. The van der Waals surface area contributed by atoms with Crippen LogP contribution in [0.2, 0.25) is 0 Å². The Balaban J connectivity index is 1.75. The minimum atomic E-state index is -0.0849. The maximum absolute atomic E-state index is 12.0. The summed E-state index contributed by atoms with van der Waals surface area (Å²) >= 11 is 0. The highest BCUT2D eigenvalue weighted by Crippen LogP contribution is 2.17. The molecule has 1 aliphatic heterocycles. The quantitative estimate of drug-likeness (QED) is 0.930. The average molecular weight is 301 g/mol. The number of aryl methyl sites for hydroxylation is 1. The molecule has 0 aliphatic carbocycles. The number of ether oxygens (including phenoxy) is 1. The summed E-state index contributed by atoms with van der Waals surface area (Å²) in [6, 6.07) is 0. The molecule has 0 aromatic carbocycles. The van der Waals surface area contributed by atoms with Gasteiger partial charge in [-0.3, -0.25) is 4.79 Å². The fraction of sp³-hybridized carbons (Fsp3) is 0.467. The van der Waals surface area contributed by atoms with Crippen molar-refractivity contribution in [2.45, 2.75) is 27.2 Å². The minimum Gasteiger partial charge on any atom is -0.381 e. The lowest BCUT2D eigenvalue weighted by atomic mass is 10.1. The molecular formula is C15H19N5O2. The molecule has 0 bridgehead atoms. The first-order valence-electron chi connectivity index (χ1n) is 7.30. The predicted molar refractivity (Wildman–Crippen MR) is 80.9 cm³/mol. The largest absolute Gasteiger partial charge is 0.381 e. The SMILES string of the molecule is Cc1nn(-c2ncc(NC(=O)C3CCOC3)cn2)c(C)c1C. The first-order valence-corrected chi connectivity index (χ1v) is 7.30. The van der Waals surface area contributed by atoms with Crippen LogP contribution in [0.25, 0.3) is 5.95 Å². The zero-order valence-corrected chi connectivity index (χ0v) is 13.0. The molecule has 1 amide bonds. The maximum atomic E-state index is 12.0. The standard InChI is InChI=1S/C15H19N5O2/c1-9-10(2)19-20(11(9)3)15-16-6-13(7-17-15)18-14(21)12-4-5-22-8-12/h6-7,12H,4-5,8H2,1-3H3,(H,18,21). The van der Waals surface area contributed by atoms with Crippen LogP contribution in [0, 0.1) is 26.7 Å². The fourth-order valence-corrected chi connectivity index (χ4v) is 2.40. The first-order chi connectivity index (χ1) is 10.6. The Morgan fingerprint density at radius 3 is 2.59 bits per heavy atom. The van der Waals surface area contributed by atoms with E-state index in [1.54, 1.807) is 17.1 Å². The molecule has 1 saturated heterocycles. The van der Waals surface area contributed by atoms with Crippen molar-refractivity contribution in [3.63, 3.8) is 0 Å². The monoisotopic (exact) mass is 301 g/mol. The van der Waals surface area contributed by atoms with Crippen molar-refractivity contribution in [1.82, 2.24) is 19.7 Å². The van der Waals surface area contributed by atoms with Gasteiger partial charge in [-0.05, 0) is 32.8 Å². The van der Waals surface area contributed by atoms with Gasteiger partial charge < -0.3 is 10.1 Å². The zero-order valence-electron chi connectivity index (χ0n) is 13.0. The van der Waals surface area contributed by atoms with Crippen LogP contribution in [0.15, 0.2) is 12.4 Å². The third kappa shape index (κ3) is 2.71. The summed E-state index contributed by atoms with van der Waals surface area (Å²) in [5.41, 5.74) is 3.68. The molecule has 2 aromatic heterocycles. The van der Waals surface area contributed by atoms with Crippen LogP contribution in [-0.2, 0) is 9.53 Å². The van der Waals surface area contributed by atoms with E-state index in [0.717, 1.165) is 23.4 Å². The van der Waals surface area contributed by atoms with Gasteiger partial charge in [-0.2, -0.15) is 5.10 Å².